The van der Waals surface area contributed by atoms with E-state index >= 15 is 0 Å². The van der Waals surface area contributed by atoms with Crippen molar-refractivity contribution in [2.75, 3.05) is 0 Å². The van der Waals surface area contributed by atoms with Crippen LogP contribution in [0.3, 0.4) is 0 Å². The van der Waals surface area contributed by atoms with Crippen molar-refractivity contribution in [3.05, 3.63) is 29.8 Å². The zero-order chi connectivity index (χ0) is 13.9. The van der Waals surface area contributed by atoms with Gasteiger partial charge in [0.15, 0.2) is 0 Å². The summed E-state index contributed by atoms with van der Waals surface area (Å²) in [4.78, 5) is 11.9. The van der Waals surface area contributed by atoms with Crippen LogP contribution in [0, 0.1) is 0 Å². The van der Waals surface area contributed by atoms with Crippen molar-refractivity contribution in [2.45, 2.75) is 38.1 Å². The van der Waals surface area contributed by atoms with Gasteiger partial charge >= 0.3 is 58.4 Å². The Morgan fingerprint density at radius 3 is 2.10 bits per heavy atom. The van der Waals surface area contributed by atoms with E-state index in [0.29, 0.717) is 0 Å². The van der Waals surface area contributed by atoms with Crippen molar-refractivity contribution in [3.8, 4) is 0 Å². The number of amides is 1. The van der Waals surface area contributed by atoms with Gasteiger partial charge in [-0.2, -0.15) is 0 Å². The SMILES string of the molecule is O=C(NC1CCCCC1)c1ccc([B-](F)(F)F)cc1.[K+]. The van der Waals surface area contributed by atoms with Crippen molar-refractivity contribution in [2.24, 2.45) is 0 Å². The van der Waals surface area contributed by atoms with Crippen LogP contribution < -0.4 is 62.2 Å². The second-order valence-electron chi connectivity index (χ2n) is 5.01. The van der Waals surface area contributed by atoms with Gasteiger partial charge in [-0.05, 0) is 12.8 Å². The molecule has 0 atom stereocenters. The Balaban J connectivity index is 0.00000200. The predicted molar refractivity (Wildman–Crippen MR) is 69.5 cm³/mol. The Kier molecular flexibility index (Phi) is 7.28. The molecule has 1 N–H and O–H groups in total. The normalized spacial score (nSPS) is 16.4. The first-order valence-corrected chi connectivity index (χ1v) is 6.57. The van der Waals surface area contributed by atoms with Crippen LogP contribution in [-0.2, 0) is 0 Å². The summed E-state index contributed by atoms with van der Waals surface area (Å²) in [6.45, 7) is -4.99. The number of nitrogens with one attached hydrogen (secondary N) is 1. The molecule has 2 nitrogen and oxygen atoms in total. The van der Waals surface area contributed by atoms with Crippen LogP contribution in [-0.4, -0.2) is 18.9 Å². The van der Waals surface area contributed by atoms with Crippen molar-refractivity contribution in [1.82, 2.24) is 5.32 Å². The average molecular weight is 309 g/mol. The molecule has 0 unspecified atom stereocenters. The molecule has 7 heteroatoms. The summed E-state index contributed by atoms with van der Waals surface area (Å²) in [5.41, 5.74) is -0.386. The van der Waals surface area contributed by atoms with Crippen LogP contribution in [0.25, 0.3) is 0 Å². The molecule has 1 aromatic rings. The van der Waals surface area contributed by atoms with E-state index < -0.39 is 12.4 Å². The zero-order valence-corrected chi connectivity index (χ0v) is 14.7. The number of carbonyl (C=O) groups is 1. The van der Waals surface area contributed by atoms with Crippen molar-refractivity contribution >= 4 is 18.3 Å². The fraction of sp³-hybridized carbons (Fsp3) is 0.462. The van der Waals surface area contributed by atoms with E-state index in [1.165, 1.54) is 18.6 Å². The van der Waals surface area contributed by atoms with Crippen LogP contribution >= 0.6 is 0 Å². The van der Waals surface area contributed by atoms with Crippen LogP contribution in [0.15, 0.2) is 24.3 Å². The molecule has 1 saturated carbocycles. The van der Waals surface area contributed by atoms with Gasteiger partial charge in [-0.25, -0.2) is 0 Å². The third kappa shape index (κ3) is 5.18. The van der Waals surface area contributed by atoms with Crippen molar-refractivity contribution in [3.63, 3.8) is 0 Å². The molecule has 104 valence electrons. The quantitative estimate of drug-likeness (QED) is 0.771. The minimum atomic E-state index is -4.99. The topological polar surface area (TPSA) is 29.1 Å². The molecule has 2 rings (SSSR count). The third-order valence-corrected chi connectivity index (χ3v) is 3.49. The van der Waals surface area contributed by atoms with Crippen LogP contribution in [0.2, 0.25) is 0 Å². The summed E-state index contributed by atoms with van der Waals surface area (Å²) in [6.07, 6.45) is 5.29. The molecule has 0 aliphatic heterocycles. The maximum Gasteiger partial charge on any atom is 1.00 e. The standard InChI is InChI=1S/C13H16BF3NO.K/c15-14(16,17)11-8-6-10(7-9-11)13(19)18-12-4-2-1-3-5-12;/h6-9,12H,1-5H2,(H,18,19);/q-1;+1. The molecular weight excluding hydrogens is 293 g/mol. The molecule has 0 radical (unpaired) electrons. The smallest absolute Gasteiger partial charge is 0.445 e. The van der Waals surface area contributed by atoms with E-state index in [1.54, 1.807) is 0 Å². The van der Waals surface area contributed by atoms with Gasteiger partial charge in [-0.1, -0.05) is 43.5 Å². The molecule has 0 aromatic heterocycles. The van der Waals surface area contributed by atoms with E-state index in [9.17, 15) is 17.7 Å². The first-order chi connectivity index (χ1) is 8.97. The zero-order valence-electron chi connectivity index (χ0n) is 11.5. The largest absolute Gasteiger partial charge is 1.00 e. The van der Waals surface area contributed by atoms with Crippen LogP contribution in [0.4, 0.5) is 12.9 Å². The third-order valence-electron chi connectivity index (χ3n) is 3.49. The van der Waals surface area contributed by atoms with Gasteiger partial charge in [0, 0.05) is 11.6 Å². The van der Waals surface area contributed by atoms with Gasteiger partial charge in [0.05, 0.1) is 0 Å². The summed E-state index contributed by atoms with van der Waals surface area (Å²) in [6, 6.07) is 4.57. The molecule has 0 spiro atoms. The maximum absolute atomic E-state index is 12.5. The molecule has 1 fully saturated rings. The number of carbonyl (C=O) groups excluding carboxylic acids is 1. The Hall–Kier alpha value is 0.181. The minimum absolute atomic E-state index is 0. The van der Waals surface area contributed by atoms with Gasteiger partial charge < -0.3 is 18.3 Å². The molecule has 0 saturated heterocycles. The molecule has 1 aliphatic carbocycles. The number of halogens is 3. The summed E-state index contributed by atoms with van der Waals surface area (Å²) in [5.74, 6) is -0.284. The summed E-state index contributed by atoms with van der Waals surface area (Å²) >= 11 is 0. The first kappa shape index (κ1) is 18.2. The summed E-state index contributed by atoms with van der Waals surface area (Å²) in [5, 5.41) is 2.88. The van der Waals surface area contributed by atoms with Crippen LogP contribution in [0.5, 0.6) is 0 Å². The Labute approximate surface area is 159 Å². The van der Waals surface area contributed by atoms with Crippen LogP contribution in [0.1, 0.15) is 42.5 Å². The van der Waals surface area contributed by atoms with Gasteiger partial charge in [0.2, 0.25) is 0 Å². The van der Waals surface area contributed by atoms with E-state index in [4.69, 9.17) is 0 Å². The van der Waals surface area contributed by atoms with Crippen molar-refractivity contribution < 1.29 is 69.1 Å². The first-order valence-electron chi connectivity index (χ1n) is 6.57. The number of rotatable bonds is 3. The molecule has 1 amide bonds. The number of hydrogen-bond donors (Lipinski definition) is 1. The monoisotopic (exact) mass is 309 g/mol. The summed E-state index contributed by atoms with van der Waals surface area (Å²) < 4.78 is 37.4. The fourth-order valence-electron chi connectivity index (χ4n) is 2.37. The van der Waals surface area contributed by atoms with Crippen molar-refractivity contribution in [1.29, 1.82) is 0 Å². The van der Waals surface area contributed by atoms with Gasteiger partial charge in [0.1, 0.15) is 0 Å². The predicted octanol–water partition coefficient (Wildman–Crippen LogP) is -0.193. The van der Waals surface area contributed by atoms with E-state index in [-0.39, 0.29) is 68.9 Å². The average Bonchev–Trinajstić information content (AvgIpc) is 2.39. The number of benzene rings is 1. The Morgan fingerprint density at radius 2 is 1.60 bits per heavy atom. The molecular formula is C13H16BF3KNO. The maximum atomic E-state index is 12.5. The second kappa shape index (κ2) is 7.98. The summed E-state index contributed by atoms with van der Waals surface area (Å²) in [7, 11) is 0. The molecule has 0 bridgehead atoms. The minimum Gasteiger partial charge on any atom is -0.445 e. The van der Waals surface area contributed by atoms with Gasteiger partial charge in [-0.15, -0.1) is 5.46 Å². The molecule has 20 heavy (non-hydrogen) atoms. The number of hydrogen-bond acceptors (Lipinski definition) is 1. The molecule has 1 aromatic carbocycles. The molecule has 0 heterocycles. The van der Waals surface area contributed by atoms with E-state index in [0.717, 1.165) is 37.8 Å². The van der Waals surface area contributed by atoms with Gasteiger partial charge in [-0.3, -0.25) is 4.79 Å². The molecule has 1 aliphatic rings. The Morgan fingerprint density at radius 1 is 1.05 bits per heavy atom. The Bertz CT molecular complexity index is 444. The fourth-order valence-corrected chi connectivity index (χ4v) is 2.37. The van der Waals surface area contributed by atoms with E-state index in [1.807, 2.05) is 0 Å². The van der Waals surface area contributed by atoms with Gasteiger partial charge in [0.25, 0.3) is 5.91 Å². The van der Waals surface area contributed by atoms with E-state index in [2.05, 4.69) is 5.32 Å². The second-order valence-corrected chi connectivity index (χ2v) is 5.01.